The Bertz CT molecular complexity index is 929. The van der Waals surface area contributed by atoms with Gasteiger partial charge in [-0.3, -0.25) is 5.32 Å². The molecule has 0 radical (unpaired) electrons. The molecule has 0 aliphatic carbocycles. The van der Waals surface area contributed by atoms with Gasteiger partial charge in [0, 0.05) is 12.4 Å². The van der Waals surface area contributed by atoms with Gasteiger partial charge in [0.2, 0.25) is 0 Å². The number of carbonyl (C=O) groups is 1. The van der Waals surface area contributed by atoms with Crippen molar-refractivity contribution < 1.29 is 13.9 Å². The topological polar surface area (TPSA) is 69.0 Å². The predicted molar refractivity (Wildman–Crippen MR) is 93.7 cm³/mol. The molecule has 0 fully saturated rings. The summed E-state index contributed by atoms with van der Waals surface area (Å²) >= 11 is 6.08. The van der Waals surface area contributed by atoms with Gasteiger partial charge in [-0.1, -0.05) is 17.7 Å². The SMILES string of the molecule is CC(C)(C)OC(=O)Nc1nccc2nn(-c3c(F)cccc3Cl)cc12. The van der Waals surface area contributed by atoms with Crippen LogP contribution < -0.4 is 5.32 Å². The predicted octanol–water partition coefficient (Wildman–Crippen LogP) is 4.56. The number of anilines is 1. The molecule has 2 heterocycles. The molecule has 8 heteroatoms. The van der Waals surface area contributed by atoms with Crippen LogP contribution in [-0.2, 0) is 4.74 Å². The molecule has 1 aromatic carbocycles. The van der Waals surface area contributed by atoms with E-state index in [0.29, 0.717) is 10.9 Å². The summed E-state index contributed by atoms with van der Waals surface area (Å²) in [6, 6.07) is 6.04. The van der Waals surface area contributed by atoms with Crippen molar-refractivity contribution >= 4 is 34.4 Å². The van der Waals surface area contributed by atoms with E-state index in [1.165, 1.54) is 23.0 Å². The maximum absolute atomic E-state index is 14.1. The molecule has 1 N–H and O–H groups in total. The molecular formula is C17H16ClFN4O2. The highest BCUT2D eigenvalue weighted by Gasteiger charge is 2.19. The molecule has 0 spiro atoms. The highest BCUT2D eigenvalue weighted by Crippen LogP contribution is 2.27. The van der Waals surface area contributed by atoms with Gasteiger partial charge in [-0.25, -0.2) is 18.9 Å². The van der Waals surface area contributed by atoms with Crippen molar-refractivity contribution in [3.63, 3.8) is 0 Å². The Hall–Kier alpha value is -2.67. The van der Waals surface area contributed by atoms with Crippen LogP contribution in [0.15, 0.2) is 36.7 Å². The van der Waals surface area contributed by atoms with Crippen molar-refractivity contribution in [2.24, 2.45) is 0 Å². The lowest BCUT2D eigenvalue weighted by atomic mass is 10.2. The second-order valence-corrected chi connectivity index (χ2v) is 6.77. The first kappa shape index (κ1) is 17.2. The number of ether oxygens (including phenoxy) is 1. The zero-order valence-corrected chi connectivity index (χ0v) is 14.6. The fourth-order valence-corrected chi connectivity index (χ4v) is 2.52. The minimum absolute atomic E-state index is 0.128. The van der Waals surface area contributed by atoms with Crippen LogP contribution >= 0.6 is 11.6 Å². The number of aromatic nitrogens is 3. The van der Waals surface area contributed by atoms with E-state index in [4.69, 9.17) is 16.3 Å². The number of fused-ring (bicyclic) bond motifs is 1. The van der Waals surface area contributed by atoms with Crippen LogP contribution in [0.4, 0.5) is 15.0 Å². The molecule has 0 saturated heterocycles. The summed E-state index contributed by atoms with van der Waals surface area (Å²) in [5.74, 6) is -0.236. The lowest BCUT2D eigenvalue weighted by molar-refractivity contribution is 0.0635. The largest absolute Gasteiger partial charge is 0.444 e. The lowest BCUT2D eigenvalue weighted by Crippen LogP contribution is -2.27. The van der Waals surface area contributed by atoms with Crippen LogP contribution in [0, 0.1) is 5.82 Å². The Kier molecular flexibility index (Phi) is 4.34. The van der Waals surface area contributed by atoms with Gasteiger partial charge in [-0.2, -0.15) is 5.10 Å². The van der Waals surface area contributed by atoms with E-state index < -0.39 is 17.5 Å². The van der Waals surface area contributed by atoms with E-state index >= 15 is 0 Å². The average molecular weight is 363 g/mol. The first-order valence-electron chi connectivity index (χ1n) is 7.53. The molecule has 0 atom stereocenters. The number of pyridine rings is 1. The Morgan fingerprint density at radius 1 is 1.32 bits per heavy atom. The maximum atomic E-state index is 14.1. The van der Waals surface area contributed by atoms with Gasteiger partial charge in [0.25, 0.3) is 0 Å². The highest BCUT2D eigenvalue weighted by molar-refractivity contribution is 6.32. The Balaban J connectivity index is 2.00. The van der Waals surface area contributed by atoms with Gasteiger partial charge in [-0.05, 0) is 39.0 Å². The number of para-hydroxylation sites is 1. The van der Waals surface area contributed by atoms with Gasteiger partial charge in [-0.15, -0.1) is 0 Å². The number of carbonyl (C=O) groups excluding carboxylic acids is 1. The number of nitrogens with one attached hydrogen (secondary N) is 1. The zero-order valence-electron chi connectivity index (χ0n) is 13.9. The molecule has 3 aromatic rings. The highest BCUT2D eigenvalue weighted by atomic mass is 35.5. The number of benzene rings is 1. The third kappa shape index (κ3) is 3.71. The van der Waals surface area contributed by atoms with Gasteiger partial charge >= 0.3 is 6.09 Å². The maximum Gasteiger partial charge on any atom is 0.413 e. The van der Waals surface area contributed by atoms with E-state index in [9.17, 15) is 9.18 Å². The summed E-state index contributed by atoms with van der Waals surface area (Å²) in [7, 11) is 0. The van der Waals surface area contributed by atoms with Gasteiger partial charge in [0.15, 0.2) is 0 Å². The summed E-state index contributed by atoms with van der Waals surface area (Å²) in [6.07, 6.45) is 2.42. The molecule has 0 unspecified atom stereocenters. The average Bonchev–Trinajstić information content (AvgIpc) is 2.89. The fourth-order valence-electron chi connectivity index (χ4n) is 2.27. The molecule has 2 aromatic heterocycles. The van der Waals surface area contributed by atoms with Crippen LogP contribution in [0.2, 0.25) is 5.02 Å². The second-order valence-electron chi connectivity index (χ2n) is 6.36. The molecule has 0 bridgehead atoms. The fraction of sp³-hybridized carbons (Fsp3) is 0.235. The number of nitrogens with zero attached hydrogens (tertiary/aromatic N) is 3. The second kappa shape index (κ2) is 6.33. The van der Waals surface area contributed by atoms with E-state index in [1.54, 1.807) is 39.1 Å². The molecular weight excluding hydrogens is 347 g/mol. The van der Waals surface area contributed by atoms with Crippen molar-refractivity contribution in [1.82, 2.24) is 14.8 Å². The van der Waals surface area contributed by atoms with E-state index in [0.717, 1.165) is 0 Å². The van der Waals surface area contributed by atoms with Gasteiger partial charge in [0.05, 0.1) is 15.9 Å². The molecule has 6 nitrogen and oxygen atoms in total. The summed E-state index contributed by atoms with van der Waals surface area (Å²) in [5, 5.41) is 7.65. The van der Waals surface area contributed by atoms with Crippen molar-refractivity contribution in [2.75, 3.05) is 5.32 Å². The molecule has 130 valence electrons. The molecule has 0 saturated carbocycles. The van der Waals surface area contributed by atoms with Crippen LogP contribution in [0.25, 0.3) is 16.6 Å². The summed E-state index contributed by atoms with van der Waals surface area (Å²) in [5.41, 5.74) is 0.0204. The lowest BCUT2D eigenvalue weighted by Gasteiger charge is -2.19. The van der Waals surface area contributed by atoms with E-state index in [1.807, 2.05) is 0 Å². The molecule has 0 aliphatic heterocycles. The molecule has 3 rings (SSSR count). The number of hydrogen-bond acceptors (Lipinski definition) is 4. The van der Waals surface area contributed by atoms with Crippen LogP contribution in [-0.4, -0.2) is 26.5 Å². The zero-order chi connectivity index (χ0) is 18.2. The monoisotopic (exact) mass is 362 g/mol. The minimum Gasteiger partial charge on any atom is -0.444 e. The Labute approximate surface area is 148 Å². The van der Waals surface area contributed by atoms with Crippen LogP contribution in [0.3, 0.4) is 0 Å². The summed E-state index contributed by atoms with van der Waals surface area (Å²) in [6.45, 7) is 5.29. The number of halogens is 2. The third-order valence-corrected chi connectivity index (χ3v) is 3.52. The van der Waals surface area contributed by atoms with E-state index in [2.05, 4.69) is 15.4 Å². The van der Waals surface area contributed by atoms with E-state index in [-0.39, 0.29) is 16.5 Å². The minimum atomic E-state index is -0.636. The number of amides is 1. The number of hydrogen-bond donors (Lipinski definition) is 1. The molecule has 25 heavy (non-hydrogen) atoms. The Morgan fingerprint density at radius 2 is 2.08 bits per heavy atom. The normalized spacial score (nSPS) is 11.6. The Morgan fingerprint density at radius 3 is 2.76 bits per heavy atom. The summed E-state index contributed by atoms with van der Waals surface area (Å²) in [4.78, 5) is 16.1. The quantitative estimate of drug-likeness (QED) is 0.725. The number of rotatable bonds is 2. The first-order chi connectivity index (χ1) is 11.7. The van der Waals surface area contributed by atoms with Gasteiger partial charge in [0.1, 0.15) is 22.9 Å². The van der Waals surface area contributed by atoms with Crippen molar-refractivity contribution in [2.45, 2.75) is 26.4 Å². The third-order valence-electron chi connectivity index (χ3n) is 3.22. The smallest absolute Gasteiger partial charge is 0.413 e. The van der Waals surface area contributed by atoms with Crippen LogP contribution in [0.1, 0.15) is 20.8 Å². The standard InChI is InChI=1S/C17H16ClFN4O2/c1-17(2,3)25-16(24)21-15-10-9-23(22-13(10)7-8-20-15)14-11(18)5-4-6-12(14)19/h4-9H,1-3H3,(H,20,21,24). The van der Waals surface area contributed by atoms with Crippen LogP contribution in [0.5, 0.6) is 0 Å². The summed E-state index contributed by atoms with van der Waals surface area (Å²) < 4.78 is 20.7. The van der Waals surface area contributed by atoms with Gasteiger partial charge < -0.3 is 4.74 Å². The van der Waals surface area contributed by atoms with Crippen molar-refractivity contribution in [1.29, 1.82) is 0 Å². The first-order valence-corrected chi connectivity index (χ1v) is 7.91. The van der Waals surface area contributed by atoms with Crippen molar-refractivity contribution in [3.8, 4) is 5.69 Å². The molecule has 0 aliphatic rings. The van der Waals surface area contributed by atoms with Crippen molar-refractivity contribution in [3.05, 3.63) is 47.5 Å². The molecule has 1 amide bonds.